The molecule has 1 aliphatic heterocycles. The second-order valence-electron chi connectivity index (χ2n) is 5.70. The molecule has 3 rings (SSSR count). The minimum atomic E-state index is -2.80. The van der Waals surface area contributed by atoms with Crippen molar-refractivity contribution in [3.63, 3.8) is 0 Å². The van der Waals surface area contributed by atoms with Crippen molar-refractivity contribution in [1.29, 1.82) is 0 Å². The molecule has 0 aromatic carbocycles. The Morgan fingerprint density at radius 3 is 2.79 bits per heavy atom. The summed E-state index contributed by atoms with van der Waals surface area (Å²) in [5.74, 6) is 3.06. The van der Waals surface area contributed by atoms with Crippen molar-refractivity contribution in [1.82, 2.24) is 20.1 Å². The molecule has 19 heavy (non-hydrogen) atoms. The van der Waals surface area contributed by atoms with Gasteiger partial charge in [-0.2, -0.15) is 5.10 Å². The van der Waals surface area contributed by atoms with E-state index in [4.69, 9.17) is 0 Å². The molecule has 6 nitrogen and oxygen atoms in total. The van der Waals surface area contributed by atoms with Crippen LogP contribution < -0.4 is 0 Å². The predicted octanol–water partition coefficient (Wildman–Crippen LogP) is 0.344. The summed E-state index contributed by atoms with van der Waals surface area (Å²) >= 11 is 0. The molecular formula is C12H20N4O2S. The highest BCUT2D eigenvalue weighted by molar-refractivity contribution is 7.91. The third-order valence-corrected chi connectivity index (χ3v) is 5.77. The zero-order valence-corrected chi connectivity index (χ0v) is 12.0. The molecule has 1 aliphatic carbocycles. The first-order valence-electron chi connectivity index (χ1n) is 6.85. The highest BCUT2D eigenvalue weighted by Crippen LogP contribution is 2.37. The van der Waals surface area contributed by atoms with Crippen molar-refractivity contribution in [2.75, 3.05) is 25.1 Å². The number of aromatic nitrogens is 3. The van der Waals surface area contributed by atoms with E-state index >= 15 is 0 Å². The Morgan fingerprint density at radius 1 is 1.37 bits per heavy atom. The number of rotatable bonds is 5. The lowest BCUT2D eigenvalue weighted by molar-refractivity contribution is 0.264. The van der Waals surface area contributed by atoms with Gasteiger partial charge in [-0.05, 0) is 26.3 Å². The number of nitrogens with zero attached hydrogens (tertiary/aromatic N) is 3. The molecule has 1 aromatic rings. The zero-order chi connectivity index (χ0) is 13.5. The molecule has 1 saturated heterocycles. The van der Waals surface area contributed by atoms with Crippen molar-refractivity contribution < 1.29 is 8.42 Å². The molecule has 1 aromatic heterocycles. The monoisotopic (exact) mass is 284 g/mol. The van der Waals surface area contributed by atoms with Gasteiger partial charge in [-0.1, -0.05) is 0 Å². The molecular weight excluding hydrogens is 264 g/mol. The molecule has 0 bridgehead atoms. The van der Waals surface area contributed by atoms with E-state index in [1.807, 2.05) is 7.05 Å². The van der Waals surface area contributed by atoms with Crippen LogP contribution in [0.25, 0.3) is 0 Å². The Morgan fingerprint density at radius 2 is 2.16 bits per heavy atom. The number of hydrogen-bond donors (Lipinski definition) is 1. The van der Waals surface area contributed by atoms with Gasteiger partial charge in [0.05, 0.1) is 11.5 Å². The first-order chi connectivity index (χ1) is 9.03. The van der Waals surface area contributed by atoms with E-state index in [0.29, 0.717) is 17.4 Å². The second kappa shape index (κ2) is 4.86. The normalized spacial score (nSPS) is 26.1. The molecule has 2 fully saturated rings. The molecule has 1 N–H and O–H groups in total. The van der Waals surface area contributed by atoms with Crippen LogP contribution >= 0.6 is 0 Å². The molecule has 0 unspecified atom stereocenters. The van der Waals surface area contributed by atoms with Crippen molar-refractivity contribution in [2.45, 2.75) is 37.6 Å². The minimum Gasteiger partial charge on any atom is -0.302 e. The van der Waals surface area contributed by atoms with Crippen LogP contribution in [0.1, 0.15) is 36.8 Å². The molecule has 106 valence electrons. The van der Waals surface area contributed by atoms with Gasteiger partial charge in [0, 0.05) is 24.9 Å². The first kappa shape index (κ1) is 13.1. The molecule has 0 amide bonds. The van der Waals surface area contributed by atoms with E-state index in [1.54, 1.807) is 0 Å². The summed E-state index contributed by atoms with van der Waals surface area (Å²) in [6.07, 6.45) is 3.96. The van der Waals surface area contributed by atoms with Gasteiger partial charge >= 0.3 is 0 Å². The number of H-pyrrole nitrogens is 1. The number of hydrogen-bond acceptors (Lipinski definition) is 5. The van der Waals surface area contributed by atoms with Crippen LogP contribution in [0.2, 0.25) is 0 Å². The van der Waals surface area contributed by atoms with E-state index in [2.05, 4.69) is 20.1 Å². The van der Waals surface area contributed by atoms with Crippen molar-refractivity contribution in [3.05, 3.63) is 11.6 Å². The maximum absolute atomic E-state index is 11.4. The van der Waals surface area contributed by atoms with Gasteiger partial charge in [-0.3, -0.25) is 5.10 Å². The molecule has 1 atom stereocenters. The lowest BCUT2D eigenvalue weighted by Gasteiger charge is -2.22. The quantitative estimate of drug-likeness (QED) is 0.843. The summed E-state index contributed by atoms with van der Waals surface area (Å²) in [7, 11) is -0.810. The number of likely N-dealkylation sites (N-methyl/N-ethyl adjacent to an activating group) is 1. The highest BCUT2D eigenvalue weighted by Gasteiger charge is 2.31. The summed E-state index contributed by atoms with van der Waals surface area (Å²) in [6, 6.07) is 0.163. The zero-order valence-electron chi connectivity index (χ0n) is 11.2. The molecule has 2 heterocycles. The Kier molecular flexibility index (Phi) is 3.34. The van der Waals surface area contributed by atoms with Crippen molar-refractivity contribution >= 4 is 9.84 Å². The van der Waals surface area contributed by atoms with Crippen LogP contribution in [0.15, 0.2) is 0 Å². The summed E-state index contributed by atoms with van der Waals surface area (Å²) in [5, 5.41) is 7.21. The maximum Gasteiger partial charge on any atom is 0.153 e. The fourth-order valence-electron chi connectivity index (χ4n) is 2.53. The van der Waals surface area contributed by atoms with Gasteiger partial charge < -0.3 is 4.90 Å². The summed E-state index contributed by atoms with van der Waals surface area (Å²) in [4.78, 5) is 6.62. The van der Waals surface area contributed by atoms with Gasteiger partial charge in [0.2, 0.25) is 0 Å². The second-order valence-corrected chi connectivity index (χ2v) is 7.93. The number of aromatic amines is 1. The van der Waals surface area contributed by atoms with Crippen molar-refractivity contribution in [2.24, 2.45) is 0 Å². The smallest absolute Gasteiger partial charge is 0.153 e. The van der Waals surface area contributed by atoms with Crippen molar-refractivity contribution in [3.8, 4) is 0 Å². The summed E-state index contributed by atoms with van der Waals surface area (Å²) in [5.41, 5.74) is 0. The molecule has 2 aliphatic rings. The average molecular weight is 284 g/mol. The molecule has 1 saturated carbocycles. The van der Waals surface area contributed by atoms with Gasteiger partial charge in [-0.25, -0.2) is 13.4 Å². The van der Waals surface area contributed by atoms with Crippen LogP contribution in [0.5, 0.6) is 0 Å². The molecule has 7 heteroatoms. The lowest BCUT2D eigenvalue weighted by Crippen LogP contribution is -2.34. The topological polar surface area (TPSA) is 79.0 Å². The highest BCUT2D eigenvalue weighted by atomic mass is 32.2. The Hall–Kier alpha value is -0.950. The Bertz CT molecular complexity index is 550. The third-order valence-electron chi connectivity index (χ3n) is 4.02. The van der Waals surface area contributed by atoms with Gasteiger partial charge in [0.25, 0.3) is 0 Å². The predicted molar refractivity (Wildman–Crippen MR) is 71.8 cm³/mol. The number of sulfone groups is 1. The van der Waals surface area contributed by atoms with E-state index in [0.717, 1.165) is 31.0 Å². The van der Waals surface area contributed by atoms with E-state index < -0.39 is 9.84 Å². The van der Waals surface area contributed by atoms with Gasteiger partial charge in [-0.15, -0.1) is 0 Å². The Balaban J connectivity index is 1.51. The average Bonchev–Trinajstić information content (AvgIpc) is 2.99. The maximum atomic E-state index is 11.4. The van der Waals surface area contributed by atoms with E-state index in [-0.39, 0.29) is 6.04 Å². The number of nitrogens with one attached hydrogen (secondary N) is 1. The lowest BCUT2D eigenvalue weighted by atomic mass is 10.2. The van der Waals surface area contributed by atoms with Crippen LogP contribution in [0.3, 0.4) is 0 Å². The van der Waals surface area contributed by atoms with Crippen LogP contribution in [-0.2, 0) is 16.3 Å². The summed E-state index contributed by atoms with van der Waals surface area (Å²) in [6.45, 7) is 0.819. The van der Waals surface area contributed by atoms with E-state index in [1.165, 1.54) is 12.8 Å². The largest absolute Gasteiger partial charge is 0.302 e. The third kappa shape index (κ3) is 3.14. The molecule has 0 radical (unpaired) electrons. The standard InChI is InChI=1S/C12H20N4O2S/c1-16(10-5-7-19(17,18)8-10)6-4-11-13-12(15-14-11)9-2-3-9/h9-10H,2-8H2,1H3,(H,13,14,15)/t10-/m1/s1. The van der Waals surface area contributed by atoms with Gasteiger partial charge in [0.15, 0.2) is 15.7 Å². The molecule has 0 spiro atoms. The SMILES string of the molecule is CN(CCc1nc(C2CC2)n[nH]1)[C@@H]1CCS(=O)(=O)C1. The fraction of sp³-hybridized carbons (Fsp3) is 0.833. The van der Waals surface area contributed by atoms with Crippen LogP contribution in [0, 0.1) is 0 Å². The Labute approximate surface area is 113 Å². The first-order valence-corrected chi connectivity index (χ1v) is 8.67. The van der Waals surface area contributed by atoms with Gasteiger partial charge in [0.1, 0.15) is 5.82 Å². The van der Waals surface area contributed by atoms with E-state index in [9.17, 15) is 8.42 Å². The minimum absolute atomic E-state index is 0.163. The van der Waals surface area contributed by atoms with Crippen LogP contribution in [0.4, 0.5) is 0 Å². The summed E-state index contributed by atoms with van der Waals surface area (Å²) < 4.78 is 22.9. The fourth-order valence-corrected chi connectivity index (χ4v) is 4.34. The van der Waals surface area contributed by atoms with Crippen LogP contribution in [-0.4, -0.2) is 59.6 Å².